The Morgan fingerprint density at radius 1 is 1.19 bits per heavy atom. The number of nitrogens with zero attached hydrogens (tertiary/aromatic N) is 1. The fourth-order valence-corrected chi connectivity index (χ4v) is 1.95. The number of benzene rings is 2. The largest absolute Gasteiger partial charge is 0.489 e. The average Bonchev–Trinajstić information content (AvgIpc) is 2.48. The van der Waals surface area contributed by atoms with Crippen LogP contribution in [0.25, 0.3) is 0 Å². The standard InChI is InChI=1S/C17H19N3O/c1-12(2)21-16-5-3-4-15(17(16)19)20-11-14-8-6-13(10-18)7-9-14/h3-9,12,20H,11,19H2,1-2H3. The van der Waals surface area contributed by atoms with Gasteiger partial charge in [0.05, 0.1) is 29.1 Å². The van der Waals surface area contributed by atoms with E-state index >= 15 is 0 Å². The number of nitrogens with one attached hydrogen (secondary N) is 1. The zero-order valence-corrected chi connectivity index (χ0v) is 12.3. The number of nitriles is 1. The first-order valence-corrected chi connectivity index (χ1v) is 6.88. The van der Waals surface area contributed by atoms with Crippen molar-refractivity contribution in [2.24, 2.45) is 0 Å². The predicted molar refractivity (Wildman–Crippen MR) is 85.1 cm³/mol. The van der Waals surface area contributed by atoms with Gasteiger partial charge in [0.25, 0.3) is 0 Å². The molecule has 2 rings (SSSR count). The molecule has 2 aromatic rings. The Bertz CT molecular complexity index is 642. The molecule has 0 bridgehead atoms. The molecule has 108 valence electrons. The molecule has 4 heteroatoms. The van der Waals surface area contributed by atoms with Gasteiger partial charge in [-0.25, -0.2) is 0 Å². The van der Waals surface area contributed by atoms with Crippen LogP contribution in [0.1, 0.15) is 25.0 Å². The van der Waals surface area contributed by atoms with Gasteiger partial charge in [-0.2, -0.15) is 5.26 Å². The molecule has 0 aliphatic heterocycles. The first-order chi connectivity index (χ1) is 10.1. The smallest absolute Gasteiger partial charge is 0.144 e. The first-order valence-electron chi connectivity index (χ1n) is 6.88. The molecule has 0 aliphatic carbocycles. The van der Waals surface area contributed by atoms with Crippen LogP contribution in [0, 0.1) is 11.3 Å². The number of rotatable bonds is 5. The molecule has 2 aromatic carbocycles. The second kappa shape index (κ2) is 6.67. The number of anilines is 2. The molecule has 0 aliphatic rings. The van der Waals surface area contributed by atoms with E-state index in [9.17, 15) is 0 Å². The molecule has 21 heavy (non-hydrogen) atoms. The van der Waals surface area contributed by atoms with E-state index in [-0.39, 0.29) is 6.10 Å². The van der Waals surface area contributed by atoms with Crippen molar-refractivity contribution in [3.63, 3.8) is 0 Å². The maximum atomic E-state index is 8.78. The minimum absolute atomic E-state index is 0.0843. The van der Waals surface area contributed by atoms with Crippen molar-refractivity contribution in [2.45, 2.75) is 26.5 Å². The van der Waals surface area contributed by atoms with Crippen molar-refractivity contribution >= 4 is 11.4 Å². The summed E-state index contributed by atoms with van der Waals surface area (Å²) in [5, 5.41) is 12.1. The van der Waals surface area contributed by atoms with E-state index in [4.69, 9.17) is 15.7 Å². The van der Waals surface area contributed by atoms with Crippen LogP contribution < -0.4 is 15.8 Å². The predicted octanol–water partition coefficient (Wildman–Crippen LogP) is 3.54. The first kappa shape index (κ1) is 14.7. The van der Waals surface area contributed by atoms with Crippen LogP contribution >= 0.6 is 0 Å². The van der Waals surface area contributed by atoms with Crippen molar-refractivity contribution in [1.29, 1.82) is 5.26 Å². The summed E-state index contributed by atoms with van der Waals surface area (Å²) in [6, 6.07) is 15.3. The highest BCUT2D eigenvalue weighted by molar-refractivity contribution is 5.73. The van der Waals surface area contributed by atoms with Gasteiger partial charge in [0.2, 0.25) is 0 Å². The number of ether oxygens (including phenoxy) is 1. The van der Waals surface area contributed by atoms with Gasteiger partial charge >= 0.3 is 0 Å². The minimum atomic E-state index is 0.0843. The Hall–Kier alpha value is -2.67. The van der Waals surface area contributed by atoms with Gasteiger partial charge in [-0.05, 0) is 43.7 Å². The lowest BCUT2D eigenvalue weighted by molar-refractivity contribution is 0.244. The highest BCUT2D eigenvalue weighted by atomic mass is 16.5. The summed E-state index contributed by atoms with van der Waals surface area (Å²) in [5.41, 5.74) is 9.31. The molecule has 0 spiro atoms. The summed E-state index contributed by atoms with van der Waals surface area (Å²) in [7, 11) is 0. The Labute approximate surface area is 125 Å². The molecular formula is C17H19N3O. The van der Waals surface area contributed by atoms with Gasteiger partial charge in [-0.15, -0.1) is 0 Å². The molecule has 0 fully saturated rings. The van der Waals surface area contributed by atoms with Crippen molar-refractivity contribution < 1.29 is 4.74 Å². The van der Waals surface area contributed by atoms with Crippen LogP contribution in [0.3, 0.4) is 0 Å². The molecule has 0 aromatic heterocycles. The lowest BCUT2D eigenvalue weighted by Gasteiger charge is -2.15. The van der Waals surface area contributed by atoms with Crippen LogP contribution in [0.5, 0.6) is 5.75 Å². The number of nitrogen functional groups attached to an aromatic ring is 1. The molecule has 0 heterocycles. The van der Waals surface area contributed by atoms with Gasteiger partial charge in [0.15, 0.2) is 0 Å². The van der Waals surface area contributed by atoms with E-state index in [0.717, 1.165) is 11.3 Å². The zero-order valence-electron chi connectivity index (χ0n) is 12.3. The third-order valence-electron chi connectivity index (χ3n) is 2.99. The lowest BCUT2D eigenvalue weighted by Crippen LogP contribution is -2.09. The van der Waals surface area contributed by atoms with Gasteiger partial charge in [0, 0.05) is 6.54 Å². The second-order valence-corrected chi connectivity index (χ2v) is 5.05. The second-order valence-electron chi connectivity index (χ2n) is 5.05. The van der Waals surface area contributed by atoms with E-state index in [0.29, 0.717) is 23.5 Å². The molecule has 0 unspecified atom stereocenters. The van der Waals surface area contributed by atoms with Crippen molar-refractivity contribution in [2.75, 3.05) is 11.1 Å². The molecule has 0 atom stereocenters. The fourth-order valence-electron chi connectivity index (χ4n) is 1.95. The SMILES string of the molecule is CC(C)Oc1cccc(NCc2ccc(C#N)cc2)c1N. The van der Waals surface area contributed by atoms with E-state index in [1.807, 2.05) is 44.2 Å². The van der Waals surface area contributed by atoms with Gasteiger partial charge in [-0.1, -0.05) is 18.2 Å². The Kier molecular flexibility index (Phi) is 4.68. The summed E-state index contributed by atoms with van der Waals surface area (Å²) in [6.07, 6.45) is 0.0843. The average molecular weight is 281 g/mol. The van der Waals surface area contributed by atoms with E-state index < -0.39 is 0 Å². The molecule has 0 radical (unpaired) electrons. The highest BCUT2D eigenvalue weighted by Gasteiger charge is 2.07. The number of nitrogens with two attached hydrogens (primary N) is 1. The molecule has 3 N–H and O–H groups in total. The third-order valence-corrected chi connectivity index (χ3v) is 2.99. The molecule has 0 saturated carbocycles. The van der Waals surface area contributed by atoms with Gasteiger partial charge in [-0.3, -0.25) is 0 Å². The zero-order chi connectivity index (χ0) is 15.2. The number of para-hydroxylation sites is 1. The highest BCUT2D eigenvalue weighted by Crippen LogP contribution is 2.30. The number of hydrogen-bond acceptors (Lipinski definition) is 4. The normalized spacial score (nSPS) is 10.2. The van der Waals surface area contributed by atoms with Crippen LogP contribution in [-0.4, -0.2) is 6.10 Å². The minimum Gasteiger partial charge on any atom is -0.489 e. The van der Waals surface area contributed by atoms with Crippen LogP contribution in [0.15, 0.2) is 42.5 Å². The van der Waals surface area contributed by atoms with E-state index in [1.165, 1.54) is 0 Å². The molecular weight excluding hydrogens is 262 g/mol. The Morgan fingerprint density at radius 2 is 1.90 bits per heavy atom. The summed E-state index contributed by atoms with van der Waals surface area (Å²) < 4.78 is 5.67. The topological polar surface area (TPSA) is 71.1 Å². The molecule has 0 saturated heterocycles. The van der Waals surface area contributed by atoms with Crippen molar-refractivity contribution in [1.82, 2.24) is 0 Å². The monoisotopic (exact) mass is 281 g/mol. The molecule has 0 amide bonds. The summed E-state index contributed by atoms with van der Waals surface area (Å²) in [6.45, 7) is 4.58. The number of hydrogen-bond donors (Lipinski definition) is 2. The van der Waals surface area contributed by atoms with Crippen LogP contribution in [0.4, 0.5) is 11.4 Å². The van der Waals surface area contributed by atoms with Crippen molar-refractivity contribution in [3.05, 3.63) is 53.6 Å². The van der Waals surface area contributed by atoms with Crippen molar-refractivity contribution in [3.8, 4) is 11.8 Å². The maximum Gasteiger partial charge on any atom is 0.144 e. The van der Waals surface area contributed by atoms with Gasteiger partial charge in [0.1, 0.15) is 5.75 Å². The summed E-state index contributed by atoms with van der Waals surface area (Å²) in [4.78, 5) is 0. The summed E-state index contributed by atoms with van der Waals surface area (Å²) in [5.74, 6) is 0.690. The van der Waals surface area contributed by atoms with Gasteiger partial charge < -0.3 is 15.8 Å². The third kappa shape index (κ3) is 3.90. The van der Waals surface area contributed by atoms with Crippen LogP contribution in [0.2, 0.25) is 0 Å². The maximum absolute atomic E-state index is 8.78. The lowest BCUT2D eigenvalue weighted by atomic mass is 10.1. The van der Waals surface area contributed by atoms with E-state index in [2.05, 4.69) is 11.4 Å². The quantitative estimate of drug-likeness (QED) is 0.822. The van der Waals surface area contributed by atoms with Crippen LogP contribution in [-0.2, 0) is 6.54 Å². The Balaban J connectivity index is 2.07. The Morgan fingerprint density at radius 3 is 2.52 bits per heavy atom. The summed E-state index contributed by atoms with van der Waals surface area (Å²) >= 11 is 0. The van der Waals surface area contributed by atoms with E-state index in [1.54, 1.807) is 12.1 Å². The fraction of sp³-hybridized carbons (Fsp3) is 0.235. The molecule has 4 nitrogen and oxygen atoms in total.